The van der Waals surface area contributed by atoms with Crippen molar-refractivity contribution in [2.45, 2.75) is 12.8 Å². The average Bonchev–Trinajstić information content (AvgIpc) is 3.41. The molecule has 0 spiro atoms. The molecule has 0 unspecified atom stereocenters. The quantitative estimate of drug-likeness (QED) is 0.292. The summed E-state index contributed by atoms with van der Waals surface area (Å²) in [5.41, 5.74) is 2.33. The van der Waals surface area contributed by atoms with Crippen molar-refractivity contribution in [3.63, 3.8) is 0 Å². The molecular weight excluding hydrogens is 555 g/mol. The number of hydrogen-bond acceptors (Lipinski definition) is 9. The number of nitrogens with one attached hydrogen (secondary N) is 1. The normalized spacial score (nSPS) is 14.1. The van der Waals surface area contributed by atoms with Crippen molar-refractivity contribution in [3.05, 3.63) is 46.9 Å². The molecule has 0 atom stereocenters. The minimum absolute atomic E-state index is 0.0179. The molecule has 1 N–H and O–H groups in total. The Bertz CT molecular complexity index is 1560. The third-order valence-corrected chi connectivity index (χ3v) is 7.74. The Kier molecular flexibility index (Phi) is 8.24. The molecule has 0 bridgehead atoms. The zero-order valence-corrected chi connectivity index (χ0v) is 24.1. The number of methoxy groups -OCH3 is 2. The number of rotatable bonds is 9. The SMILES string of the molecule is C=CC(=O)N1CCN(CCCc2nc3c(-c4c(Cl)c(OC)cc(OC)c4Cl)cc4cnc(NC)nc4n3n2)CC1. The summed E-state index contributed by atoms with van der Waals surface area (Å²) in [5.74, 6) is 1.96. The van der Waals surface area contributed by atoms with E-state index < -0.39 is 0 Å². The fourth-order valence-corrected chi connectivity index (χ4v) is 5.57. The summed E-state index contributed by atoms with van der Waals surface area (Å²) in [7, 11) is 4.83. The molecule has 1 amide bonds. The Morgan fingerprint density at radius 2 is 1.77 bits per heavy atom. The lowest BCUT2D eigenvalue weighted by atomic mass is 10.0. The van der Waals surface area contributed by atoms with E-state index in [-0.39, 0.29) is 5.91 Å². The van der Waals surface area contributed by atoms with Gasteiger partial charge in [-0.05, 0) is 25.1 Å². The fourth-order valence-electron chi connectivity index (χ4n) is 4.86. The standard InChI is InChI=1S/C27H30Cl2N8O3/c1-5-21(38)36-11-9-35(10-12-36)8-6-7-20-32-26-17(22-23(28)18(39-3)14-19(40-4)24(22)29)13-16-15-31-27(30-2)33-25(16)37(26)34-20/h5,13-15H,1,6-12H2,2-4H3,(H,30,31,33). The van der Waals surface area contributed by atoms with Crippen molar-refractivity contribution in [2.75, 3.05) is 59.3 Å². The first kappa shape index (κ1) is 27.9. The number of anilines is 1. The van der Waals surface area contributed by atoms with Crippen molar-refractivity contribution in [2.24, 2.45) is 0 Å². The van der Waals surface area contributed by atoms with Crippen LogP contribution in [0.2, 0.25) is 10.0 Å². The van der Waals surface area contributed by atoms with Gasteiger partial charge >= 0.3 is 0 Å². The second kappa shape index (κ2) is 11.8. The highest BCUT2D eigenvalue weighted by Gasteiger charge is 2.24. The lowest BCUT2D eigenvalue weighted by molar-refractivity contribution is -0.127. The van der Waals surface area contributed by atoms with Crippen molar-refractivity contribution in [3.8, 4) is 22.6 Å². The molecule has 210 valence electrons. The summed E-state index contributed by atoms with van der Waals surface area (Å²) in [5, 5.41) is 9.21. The lowest BCUT2D eigenvalue weighted by Crippen LogP contribution is -2.48. The van der Waals surface area contributed by atoms with E-state index in [4.69, 9.17) is 42.8 Å². The second-order valence-corrected chi connectivity index (χ2v) is 10.1. The molecule has 0 aliphatic carbocycles. The molecule has 11 nitrogen and oxygen atoms in total. The highest BCUT2D eigenvalue weighted by molar-refractivity contribution is 6.41. The maximum absolute atomic E-state index is 11.9. The summed E-state index contributed by atoms with van der Waals surface area (Å²) in [4.78, 5) is 30.0. The van der Waals surface area contributed by atoms with Gasteiger partial charge in [0.1, 0.15) is 11.5 Å². The van der Waals surface area contributed by atoms with Crippen molar-refractivity contribution < 1.29 is 14.3 Å². The average molecular weight is 585 g/mol. The zero-order valence-electron chi connectivity index (χ0n) is 22.6. The first-order valence-electron chi connectivity index (χ1n) is 12.9. The van der Waals surface area contributed by atoms with E-state index in [0.29, 0.717) is 75.2 Å². The summed E-state index contributed by atoms with van der Waals surface area (Å²) in [6, 6.07) is 3.55. The number of pyridine rings is 1. The fraction of sp³-hybridized carbons (Fsp3) is 0.370. The van der Waals surface area contributed by atoms with Gasteiger partial charge in [0, 0.05) is 68.4 Å². The minimum atomic E-state index is -0.0179. The van der Waals surface area contributed by atoms with Gasteiger partial charge in [-0.3, -0.25) is 9.69 Å². The number of halogens is 2. The molecule has 13 heteroatoms. The summed E-state index contributed by atoms with van der Waals surface area (Å²) in [6.45, 7) is 7.50. The van der Waals surface area contributed by atoms with Crippen LogP contribution >= 0.6 is 23.2 Å². The van der Waals surface area contributed by atoms with Crippen LogP contribution in [0.1, 0.15) is 12.2 Å². The third-order valence-electron chi connectivity index (χ3n) is 6.99. The molecule has 1 fully saturated rings. The van der Waals surface area contributed by atoms with E-state index in [9.17, 15) is 4.79 Å². The molecule has 0 saturated carbocycles. The van der Waals surface area contributed by atoms with Crippen LogP contribution in [-0.2, 0) is 11.2 Å². The number of fused-ring (bicyclic) bond motifs is 3. The molecule has 1 aromatic carbocycles. The van der Waals surface area contributed by atoms with Crippen molar-refractivity contribution in [1.82, 2.24) is 34.4 Å². The minimum Gasteiger partial charge on any atom is -0.495 e. The smallest absolute Gasteiger partial charge is 0.246 e. The van der Waals surface area contributed by atoms with Crippen molar-refractivity contribution >= 4 is 51.7 Å². The Morgan fingerprint density at radius 1 is 1.07 bits per heavy atom. The number of carbonyl (C=O) groups is 1. The number of benzene rings is 1. The number of hydrogen-bond donors (Lipinski definition) is 1. The van der Waals surface area contributed by atoms with Gasteiger partial charge in [0.15, 0.2) is 17.1 Å². The maximum Gasteiger partial charge on any atom is 0.246 e. The number of amides is 1. The van der Waals surface area contributed by atoms with Gasteiger partial charge in [0.2, 0.25) is 11.9 Å². The van der Waals surface area contributed by atoms with Crippen LogP contribution in [0.15, 0.2) is 31.0 Å². The number of carbonyl (C=O) groups excluding carboxylic acids is 1. The molecule has 1 aliphatic heterocycles. The Labute approximate surface area is 241 Å². The van der Waals surface area contributed by atoms with Crippen LogP contribution in [-0.4, -0.2) is 94.3 Å². The third kappa shape index (κ3) is 5.24. The molecule has 4 heterocycles. The predicted molar refractivity (Wildman–Crippen MR) is 156 cm³/mol. The van der Waals surface area contributed by atoms with Gasteiger partial charge in [-0.25, -0.2) is 9.97 Å². The van der Waals surface area contributed by atoms with E-state index in [2.05, 4.69) is 26.8 Å². The Balaban J connectivity index is 1.50. The van der Waals surface area contributed by atoms with Gasteiger partial charge in [-0.1, -0.05) is 29.8 Å². The van der Waals surface area contributed by atoms with E-state index in [1.807, 2.05) is 11.0 Å². The van der Waals surface area contributed by atoms with E-state index >= 15 is 0 Å². The maximum atomic E-state index is 11.9. The van der Waals surface area contributed by atoms with Crippen LogP contribution in [0.3, 0.4) is 0 Å². The van der Waals surface area contributed by atoms with Gasteiger partial charge < -0.3 is 19.7 Å². The van der Waals surface area contributed by atoms with Crippen LogP contribution in [0, 0.1) is 0 Å². The van der Waals surface area contributed by atoms with E-state index in [0.717, 1.165) is 31.4 Å². The molecular formula is C27H30Cl2N8O3. The summed E-state index contributed by atoms with van der Waals surface area (Å²) < 4.78 is 12.7. The highest BCUT2D eigenvalue weighted by atomic mass is 35.5. The molecule has 3 aromatic heterocycles. The second-order valence-electron chi connectivity index (χ2n) is 9.30. The number of aromatic nitrogens is 5. The Hall–Kier alpha value is -3.67. The van der Waals surface area contributed by atoms with E-state index in [1.54, 1.807) is 23.8 Å². The molecule has 1 saturated heterocycles. The first-order chi connectivity index (χ1) is 19.4. The van der Waals surface area contributed by atoms with Crippen LogP contribution in [0.5, 0.6) is 11.5 Å². The van der Waals surface area contributed by atoms with Crippen LogP contribution in [0.25, 0.3) is 27.8 Å². The van der Waals surface area contributed by atoms with Crippen LogP contribution in [0.4, 0.5) is 5.95 Å². The summed E-state index contributed by atoms with van der Waals surface area (Å²) >= 11 is 13.6. The number of piperazine rings is 1. The largest absolute Gasteiger partial charge is 0.495 e. The summed E-state index contributed by atoms with van der Waals surface area (Å²) in [6.07, 6.45) is 4.59. The van der Waals surface area contributed by atoms with Gasteiger partial charge in [-0.15, -0.1) is 5.10 Å². The van der Waals surface area contributed by atoms with Gasteiger partial charge in [0.05, 0.1) is 24.3 Å². The van der Waals surface area contributed by atoms with E-state index in [1.165, 1.54) is 20.3 Å². The first-order valence-corrected chi connectivity index (χ1v) is 13.6. The van der Waals surface area contributed by atoms with Gasteiger partial charge in [-0.2, -0.15) is 9.50 Å². The molecule has 40 heavy (non-hydrogen) atoms. The highest BCUT2D eigenvalue weighted by Crippen LogP contribution is 2.47. The van der Waals surface area contributed by atoms with Crippen molar-refractivity contribution in [1.29, 1.82) is 0 Å². The monoisotopic (exact) mass is 584 g/mol. The molecule has 1 aliphatic rings. The van der Waals surface area contributed by atoms with Crippen LogP contribution < -0.4 is 14.8 Å². The van der Waals surface area contributed by atoms with Gasteiger partial charge in [0.25, 0.3) is 0 Å². The Morgan fingerprint density at radius 3 is 2.40 bits per heavy atom. The predicted octanol–water partition coefficient (Wildman–Crippen LogP) is 3.97. The zero-order chi connectivity index (χ0) is 28.4. The number of nitrogens with zero attached hydrogens (tertiary/aromatic N) is 7. The molecule has 5 rings (SSSR count). The topological polar surface area (TPSA) is 110 Å². The lowest BCUT2D eigenvalue weighted by Gasteiger charge is -2.34. The number of ether oxygens (including phenoxy) is 2. The number of aryl methyl sites for hydroxylation is 1. The molecule has 0 radical (unpaired) electrons. The molecule has 4 aromatic rings.